The molecule has 0 fully saturated rings. The van der Waals surface area contributed by atoms with Crippen molar-refractivity contribution in [3.63, 3.8) is 0 Å². The van der Waals surface area contributed by atoms with Crippen molar-refractivity contribution in [2.45, 2.75) is 6.92 Å². The zero-order valence-corrected chi connectivity index (χ0v) is 8.04. The van der Waals surface area contributed by atoms with Crippen molar-refractivity contribution in [1.82, 2.24) is 9.97 Å². The summed E-state index contributed by atoms with van der Waals surface area (Å²) in [6.07, 6.45) is 1.35. The number of anilines is 1. The van der Waals surface area contributed by atoms with Gasteiger partial charge >= 0.3 is 5.97 Å². The van der Waals surface area contributed by atoms with Crippen molar-refractivity contribution >= 4 is 17.5 Å². The first-order valence-electron chi connectivity index (χ1n) is 4.17. The van der Waals surface area contributed by atoms with Crippen LogP contribution < -0.4 is 5.73 Å². The lowest BCUT2D eigenvalue weighted by molar-refractivity contribution is -0.129. The van der Waals surface area contributed by atoms with Crippen LogP contribution in [-0.2, 0) is 9.63 Å². The molecule has 0 saturated carbocycles. The van der Waals surface area contributed by atoms with Crippen molar-refractivity contribution in [3.05, 3.63) is 18.1 Å². The van der Waals surface area contributed by atoms with Crippen LogP contribution >= 0.6 is 0 Å². The van der Waals surface area contributed by atoms with Gasteiger partial charge in [0, 0.05) is 6.20 Å². The van der Waals surface area contributed by atoms with Gasteiger partial charge in [-0.05, 0) is 13.0 Å². The van der Waals surface area contributed by atoms with E-state index in [1.807, 2.05) is 0 Å². The lowest BCUT2D eigenvalue weighted by Crippen LogP contribution is -2.18. The van der Waals surface area contributed by atoms with Crippen molar-refractivity contribution < 1.29 is 14.7 Å². The van der Waals surface area contributed by atoms with Gasteiger partial charge in [-0.3, -0.25) is 0 Å². The first kappa shape index (κ1) is 10.9. The number of carboxylic acid groups (broad SMARTS) is 1. The van der Waals surface area contributed by atoms with Crippen LogP contribution in [0, 0.1) is 0 Å². The van der Waals surface area contributed by atoms with Crippen LogP contribution in [-0.4, -0.2) is 33.4 Å². The lowest BCUT2D eigenvalue weighted by Gasteiger charge is -2.00. The molecule has 0 aliphatic rings. The molecular formula is C8H10N4O3. The summed E-state index contributed by atoms with van der Waals surface area (Å²) >= 11 is 0. The molecule has 0 spiro atoms. The molecule has 0 saturated heterocycles. The maximum Gasteiger partial charge on any atom is 0.361 e. The SMILES string of the molecule is CCO/N=C(\C(=O)O)c1nccc(N)n1. The number of carbonyl (C=O) groups is 1. The Labute approximate surface area is 85.6 Å². The molecular weight excluding hydrogens is 200 g/mol. The van der Waals surface area contributed by atoms with Crippen LogP contribution in [0.1, 0.15) is 12.7 Å². The molecule has 15 heavy (non-hydrogen) atoms. The van der Waals surface area contributed by atoms with E-state index in [4.69, 9.17) is 10.8 Å². The van der Waals surface area contributed by atoms with Gasteiger partial charge in [-0.1, -0.05) is 5.16 Å². The quantitative estimate of drug-likeness (QED) is 0.529. The van der Waals surface area contributed by atoms with Gasteiger partial charge in [-0.2, -0.15) is 0 Å². The van der Waals surface area contributed by atoms with Crippen LogP contribution in [0.15, 0.2) is 17.4 Å². The molecule has 0 bridgehead atoms. The summed E-state index contributed by atoms with van der Waals surface area (Å²) in [5, 5.41) is 12.2. The van der Waals surface area contributed by atoms with Crippen LogP contribution in [0.25, 0.3) is 0 Å². The van der Waals surface area contributed by atoms with E-state index in [1.54, 1.807) is 6.92 Å². The third kappa shape index (κ3) is 2.90. The minimum Gasteiger partial charge on any atom is -0.476 e. The maximum atomic E-state index is 10.8. The number of nitrogens with two attached hydrogens (primary N) is 1. The Bertz CT molecular complexity index is 391. The highest BCUT2D eigenvalue weighted by atomic mass is 16.6. The van der Waals surface area contributed by atoms with Crippen LogP contribution in [0.5, 0.6) is 0 Å². The molecule has 0 amide bonds. The molecule has 1 aromatic heterocycles. The Morgan fingerprint density at radius 3 is 3.00 bits per heavy atom. The summed E-state index contributed by atoms with van der Waals surface area (Å²) in [6.45, 7) is 1.95. The average molecular weight is 210 g/mol. The number of carboxylic acids is 1. The van der Waals surface area contributed by atoms with Gasteiger partial charge in [0.1, 0.15) is 12.4 Å². The highest BCUT2D eigenvalue weighted by Crippen LogP contribution is 1.99. The molecule has 3 N–H and O–H groups in total. The van der Waals surface area contributed by atoms with E-state index in [0.29, 0.717) is 0 Å². The van der Waals surface area contributed by atoms with E-state index < -0.39 is 5.97 Å². The predicted molar refractivity (Wildman–Crippen MR) is 52.2 cm³/mol. The topological polar surface area (TPSA) is 111 Å². The minimum atomic E-state index is -1.27. The van der Waals surface area contributed by atoms with E-state index in [-0.39, 0.29) is 24.0 Å². The molecule has 1 aromatic rings. The fraction of sp³-hybridized carbons (Fsp3) is 0.250. The summed E-state index contributed by atoms with van der Waals surface area (Å²) < 4.78 is 0. The van der Waals surface area contributed by atoms with E-state index in [2.05, 4.69) is 20.0 Å². The van der Waals surface area contributed by atoms with Gasteiger partial charge in [0.2, 0.25) is 5.71 Å². The number of hydrogen-bond donors (Lipinski definition) is 2. The zero-order valence-electron chi connectivity index (χ0n) is 8.04. The summed E-state index contributed by atoms with van der Waals surface area (Å²) in [6, 6.07) is 1.45. The van der Waals surface area contributed by atoms with Crippen molar-refractivity contribution in [3.8, 4) is 0 Å². The Balaban J connectivity index is 3.04. The van der Waals surface area contributed by atoms with E-state index in [1.165, 1.54) is 12.3 Å². The molecule has 7 heteroatoms. The Hall–Kier alpha value is -2.18. The highest BCUT2D eigenvalue weighted by Gasteiger charge is 2.16. The van der Waals surface area contributed by atoms with Gasteiger partial charge < -0.3 is 15.7 Å². The van der Waals surface area contributed by atoms with E-state index >= 15 is 0 Å². The van der Waals surface area contributed by atoms with Gasteiger partial charge in [0.05, 0.1) is 0 Å². The molecule has 0 aliphatic heterocycles. The lowest BCUT2D eigenvalue weighted by atomic mass is 10.3. The Morgan fingerprint density at radius 1 is 1.73 bits per heavy atom. The Kier molecular flexibility index (Phi) is 3.55. The number of aromatic nitrogens is 2. The molecule has 7 nitrogen and oxygen atoms in total. The number of rotatable bonds is 4. The molecule has 1 rings (SSSR count). The molecule has 0 aliphatic carbocycles. The number of hydrogen-bond acceptors (Lipinski definition) is 6. The normalized spacial score (nSPS) is 11.1. The van der Waals surface area contributed by atoms with Gasteiger partial charge in [-0.25, -0.2) is 14.8 Å². The molecule has 0 radical (unpaired) electrons. The van der Waals surface area contributed by atoms with Crippen molar-refractivity contribution in [1.29, 1.82) is 0 Å². The second kappa shape index (κ2) is 4.89. The highest BCUT2D eigenvalue weighted by molar-refractivity contribution is 6.41. The molecule has 80 valence electrons. The summed E-state index contributed by atoms with van der Waals surface area (Å²) in [5.74, 6) is -1.17. The van der Waals surface area contributed by atoms with Crippen molar-refractivity contribution in [2.75, 3.05) is 12.3 Å². The molecule has 0 unspecified atom stereocenters. The third-order valence-corrected chi connectivity index (χ3v) is 1.38. The second-order valence-corrected chi connectivity index (χ2v) is 2.47. The largest absolute Gasteiger partial charge is 0.476 e. The van der Waals surface area contributed by atoms with Crippen LogP contribution in [0.2, 0.25) is 0 Å². The molecule has 1 heterocycles. The monoisotopic (exact) mass is 210 g/mol. The summed E-state index contributed by atoms with van der Waals surface area (Å²) in [7, 11) is 0. The average Bonchev–Trinajstić information content (AvgIpc) is 2.18. The Morgan fingerprint density at radius 2 is 2.47 bits per heavy atom. The maximum absolute atomic E-state index is 10.8. The summed E-state index contributed by atoms with van der Waals surface area (Å²) in [5.41, 5.74) is 5.01. The summed E-state index contributed by atoms with van der Waals surface area (Å²) in [4.78, 5) is 22.9. The van der Waals surface area contributed by atoms with Gasteiger partial charge in [-0.15, -0.1) is 0 Å². The fourth-order valence-corrected chi connectivity index (χ4v) is 0.791. The third-order valence-electron chi connectivity index (χ3n) is 1.38. The first-order chi connectivity index (χ1) is 7.15. The second-order valence-electron chi connectivity index (χ2n) is 2.47. The predicted octanol–water partition coefficient (Wildman–Crippen LogP) is -0.116. The van der Waals surface area contributed by atoms with Crippen LogP contribution in [0.3, 0.4) is 0 Å². The van der Waals surface area contributed by atoms with Crippen LogP contribution in [0.4, 0.5) is 5.82 Å². The number of nitrogens with zero attached hydrogens (tertiary/aromatic N) is 3. The minimum absolute atomic E-state index is 0.0732. The smallest absolute Gasteiger partial charge is 0.361 e. The standard InChI is InChI=1S/C8H10N4O3/c1-2-15-12-6(8(13)14)7-10-4-3-5(9)11-7/h3-4H,2H2,1H3,(H,13,14)(H2,9,10,11)/b12-6-. The van der Waals surface area contributed by atoms with E-state index in [0.717, 1.165) is 0 Å². The fourth-order valence-electron chi connectivity index (χ4n) is 0.791. The molecule has 0 atom stereocenters. The zero-order chi connectivity index (χ0) is 11.3. The van der Waals surface area contributed by atoms with Crippen molar-refractivity contribution in [2.24, 2.45) is 5.16 Å². The van der Waals surface area contributed by atoms with E-state index in [9.17, 15) is 4.79 Å². The first-order valence-corrected chi connectivity index (χ1v) is 4.17. The van der Waals surface area contributed by atoms with Gasteiger partial charge in [0.15, 0.2) is 5.82 Å². The number of aliphatic carboxylic acids is 1. The van der Waals surface area contributed by atoms with Gasteiger partial charge in [0.25, 0.3) is 0 Å². The number of nitrogen functional groups attached to an aromatic ring is 1. The number of oxime groups is 1. The molecule has 0 aromatic carbocycles.